The summed E-state index contributed by atoms with van der Waals surface area (Å²) in [5, 5.41) is 0. The summed E-state index contributed by atoms with van der Waals surface area (Å²) in [6.07, 6.45) is -0.308. The summed E-state index contributed by atoms with van der Waals surface area (Å²) >= 11 is 0. The van der Waals surface area contributed by atoms with Crippen LogP contribution >= 0.6 is 0 Å². The number of ether oxygens (including phenoxy) is 3. The van der Waals surface area contributed by atoms with E-state index in [9.17, 15) is 14.4 Å². The van der Waals surface area contributed by atoms with Crippen LogP contribution in [-0.2, 0) is 28.6 Å². The molecule has 2 aliphatic rings. The van der Waals surface area contributed by atoms with Crippen LogP contribution in [0, 0.1) is 11.3 Å². The zero-order valence-electron chi connectivity index (χ0n) is 12.5. The van der Waals surface area contributed by atoms with Gasteiger partial charge in [-0.1, -0.05) is 20.4 Å². The minimum absolute atomic E-state index is 0.243. The molecule has 1 unspecified atom stereocenters. The molecule has 0 amide bonds. The minimum Gasteiger partial charge on any atom is -0.462 e. The van der Waals surface area contributed by atoms with Gasteiger partial charge < -0.3 is 14.2 Å². The molecule has 2 rings (SSSR count). The van der Waals surface area contributed by atoms with E-state index >= 15 is 0 Å². The molecule has 2 fully saturated rings. The Morgan fingerprint density at radius 3 is 2.38 bits per heavy atom. The molecule has 6 nitrogen and oxygen atoms in total. The van der Waals surface area contributed by atoms with E-state index in [4.69, 9.17) is 14.2 Å². The smallest absolute Gasteiger partial charge is 0.348 e. The molecule has 1 aliphatic carbocycles. The molecular formula is C15H20O6. The highest BCUT2D eigenvalue weighted by atomic mass is 16.6. The predicted molar refractivity (Wildman–Crippen MR) is 72.0 cm³/mol. The lowest BCUT2D eigenvalue weighted by Gasteiger charge is -2.34. The van der Waals surface area contributed by atoms with Gasteiger partial charge in [0.25, 0.3) is 0 Å². The highest BCUT2D eigenvalue weighted by Gasteiger charge is 2.48. The van der Waals surface area contributed by atoms with Crippen LogP contribution in [0.4, 0.5) is 0 Å². The first kappa shape index (κ1) is 15.5. The molecule has 1 saturated heterocycles. The summed E-state index contributed by atoms with van der Waals surface area (Å²) < 4.78 is 15.3. The molecule has 6 heteroatoms. The maximum absolute atomic E-state index is 12.0. The van der Waals surface area contributed by atoms with Crippen molar-refractivity contribution < 1.29 is 28.6 Å². The van der Waals surface area contributed by atoms with Gasteiger partial charge in [-0.15, -0.1) is 0 Å². The molecule has 0 aromatic carbocycles. The Hall–Kier alpha value is -1.85. The van der Waals surface area contributed by atoms with Crippen molar-refractivity contribution in [2.75, 3.05) is 6.61 Å². The molecule has 116 valence electrons. The van der Waals surface area contributed by atoms with Gasteiger partial charge in [-0.05, 0) is 19.8 Å². The number of esters is 3. The molecule has 0 aromatic rings. The number of hydrogen-bond donors (Lipinski definition) is 0. The second-order valence-corrected chi connectivity index (χ2v) is 6.39. The Labute approximate surface area is 123 Å². The third-order valence-corrected chi connectivity index (χ3v) is 3.79. The summed E-state index contributed by atoms with van der Waals surface area (Å²) in [5.74, 6) is -1.73. The average Bonchev–Trinajstić information content (AvgIpc) is 2.59. The molecular weight excluding hydrogens is 276 g/mol. The first-order chi connectivity index (χ1) is 9.70. The molecule has 21 heavy (non-hydrogen) atoms. The van der Waals surface area contributed by atoms with Gasteiger partial charge in [-0.2, -0.15) is 0 Å². The molecule has 0 bridgehead atoms. The Balaban J connectivity index is 1.80. The maximum atomic E-state index is 12.0. The van der Waals surface area contributed by atoms with Crippen LogP contribution in [0.2, 0.25) is 0 Å². The summed E-state index contributed by atoms with van der Waals surface area (Å²) in [6.45, 7) is 8.94. The minimum atomic E-state index is -0.859. The van der Waals surface area contributed by atoms with E-state index in [1.807, 2.05) is 13.8 Å². The SMILES string of the molecule is C=C(C)C(=O)OC1CC(C(=O)OC2C(=O)OCC2(C)C)C1. The van der Waals surface area contributed by atoms with Crippen LogP contribution in [0.3, 0.4) is 0 Å². The summed E-state index contributed by atoms with van der Waals surface area (Å²) in [7, 11) is 0. The van der Waals surface area contributed by atoms with E-state index in [0.717, 1.165) is 0 Å². The van der Waals surface area contributed by atoms with Crippen molar-refractivity contribution >= 4 is 17.9 Å². The van der Waals surface area contributed by atoms with E-state index in [2.05, 4.69) is 6.58 Å². The Kier molecular flexibility index (Phi) is 4.07. The van der Waals surface area contributed by atoms with Crippen molar-refractivity contribution in [3.63, 3.8) is 0 Å². The van der Waals surface area contributed by atoms with E-state index in [1.54, 1.807) is 6.92 Å². The number of carbonyl (C=O) groups excluding carboxylic acids is 3. The number of rotatable bonds is 4. The van der Waals surface area contributed by atoms with Crippen molar-refractivity contribution in [1.29, 1.82) is 0 Å². The van der Waals surface area contributed by atoms with E-state index in [1.165, 1.54) is 0 Å². The van der Waals surface area contributed by atoms with Gasteiger partial charge in [0.2, 0.25) is 6.10 Å². The molecule has 1 atom stereocenters. The summed E-state index contributed by atoms with van der Waals surface area (Å²) in [6, 6.07) is 0. The average molecular weight is 296 g/mol. The Bertz CT molecular complexity index is 486. The zero-order chi connectivity index (χ0) is 15.8. The van der Waals surface area contributed by atoms with Gasteiger partial charge in [0, 0.05) is 11.0 Å². The Morgan fingerprint density at radius 2 is 1.90 bits per heavy atom. The maximum Gasteiger partial charge on any atom is 0.348 e. The normalized spacial score (nSPS) is 30.0. The highest BCUT2D eigenvalue weighted by Crippen LogP contribution is 2.35. The number of hydrogen-bond acceptors (Lipinski definition) is 6. The van der Waals surface area contributed by atoms with Gasteiger partial charge in [0.15, 0.2) is 0 Å². The predicted octanol–water partition coefficient (Wildman–Crippen LogP) is 1.38. The van der Waals surface area contributed by atoms with Crippen molar-refractivity contribution in [3.05, 3.63) is 12.2 Å². The highest BCUT2D eigenvalue weighted by molar-refractivity contribution is 5.87. The van der Waals surface area contributed by atoms with E-state index < -0.39 is 29.4 Å². The summed E-state index contributed by atoms with van der Waals surface area (Å²) in [5.41, 5.74) is -0.182. The van der Waals surface area contributed by atoms with Gasteiger partial charge in [-0.3, -0.25) is 4.79 Å². The fourth-order valence-corrected chi connectivity index (χ4v) is 2.25. The standard InChI is InChI=1S/C15H20O6/c1-8(2)12(16)20-10-5-9(6-10)13(17)21-11-14(18)19-7-15(11,3)4/h9-11H,1,5-7H2,2-4H3. The second-order valence-electron chi connectivity index (χ2n) is 6.39. The van der Waals surface area contributed by atoms with Gasteiger partial charge in [-0.25, -0.2) is 9.59 Å². The van der Waals surface area contributed by atoms with Gasteiger partial charge >= 0.3 is 17.9 Å². The molecule has 1 saturated carbocycles. The molecule has 0 N–H and O–H groups in total. The van der Waals surface area contributed by atoms with Crippen molar-refractivity contribution in [1.82, 2.24) is 0 Å². The summed E-state index contributed by atoms with van der Waals surface area (Å²) in [4.78, 5) is 34.9. The fraction of sp³-hybridized carbons (Fsp3) is 0.667. The largest absolute Gasteiger partial charge is 0.462 e. The molecule has 0 radical (unpaired) electrons. The van der Waals surface area contributed by atoms with Crippen molar-refractivity contribution in [2.45, 2.75) is 45.8 Å². The van der Waals surface area contributed by atoms with Crippen LogP contribution in [-0.4, -0.2) is 36.7 Å². The van der Waals surface area contributed by atoms with Crippen LogP contribution in [0.25, 0.3) is 0 Å². The number of cyclic esters (lactones) is 1. The van der Waals surface area contributed by atoms with Crippen molar-refractivity contribution in [3.8, 4) is 0 Å². The quantitative estimate of drug-likeness (QED) is 0.443. The molecule has 0 aromatic heterocycles. The van der Waals surface area contributed by atoms with Crippen LogP contribution < -0.4 is 0 Å². The first-order valence-electron chi connectivity index (χ1n) is 6.94. The fourth-order valence-electron chi connectivity index (χ4n) is 2.25. The van der Waals surface area contributed by atoms with Gasteiger partial charge in [0.1, 0.15) is 12.7 Å². The monoisotopic (exact) mass is 296 g/mol. The zero-order valence-corrected chi connectivity index (χ0v) is 12.5. The van der Waals surface area contributed by atoms with Crippen LogP contribution in [0.5, 0.6) is 0 Å². The molecule has 1 heterocycles. The van der Waals surface area contributed by atoms with Gasteiger partial charge in [0.05, 0.1) is 5.92 Å². The lowest BCUT2D eigenvalue weighted by molar-refractivity contribution is -0.175. The van der Waals surface area contributed by atoms with Crippen molar-refractivity contribution in [2.24, 2.45) is 11.3 Å². The third-order valence-electron chi connectivity index (χ3n) is 3.79. The third kappa shape index (κ3) is 3.25. The first-order valence-corrected chi connectivity index (χ1v) is 6.94. The Morgan fingerprint density at radius 1 is 1.29 bits per heavy atom. The lowest BCUT2D eigenvalue weighted by Crippen LogP contribution is -2.42. The van der Waals surface area contributed by atoms with E-state index in [-0.39, 0.29) is 18.6 Å². The second kappa shape index (κ2) is 5.50. The number of carbonyl (C=O) groups is 3. The lowest BCUT2D eigenvalue weighted by atomic mass is 9.82. The van der Waals surface area contributed by atoms with E-state index in [0.29, 0.717) is 18.4 Å². The molecule has 1 aliphatic heterocycles. The van der Waals surface area contributed by atoms with Crippen LogP contribution in [0.15, 0.2) is 12.2 Å². The topological polar surface area (TPSA) is 78.9 Å². The van der Waals surface area contributed by atoms with Crippen LogP contribution in [0.1, 0.15) is 33.6 Å². The molecule has 0 spiro atoms.